The number of carbonyl (C=O) groups is 2. The first-order chi connectivity index (χ1) is 9.99. The van der Waals surface area contributed by atoms with Gasteiger partial charge in [0.2, 0.25) is 0 Å². The van der Waals surface area contributed by atoms with Crippen LogP contribution in [0.15, 0.2) is 30.3 Å². The van der Waals surface area contributed by atoms with E-state index >= 15 is 0 Å². The van der Waals surface area contributed by atoms with Crippen LogP contribution in [0.2, 0.25) is 0 Å². The van der Waals surface area contributed by atoms with Crippen molar-refractivity contribution in [3.8, 4) is 0 Å². The molecule has 0 aliphatic heterocycles. The van der Waals surface area contributed by atoms with Gasteiger partial charge in [0, 0.05) is 0 Å². The van der Waals surface area contributed by atoms with Crippen molar-refractivity contribution < 1.29 is 14.3 Å². The molecule has 0 aliphatic carbocycles. The number of esters is 1. The molecular weight excluding hydrogens is 268 g/mol. The third kappa shape index (κ3) is 5.10. The maximum absolute atomic E-state index is 12.0. The van der Waals surface area contributed by atoms with Gasteiger partial charge in [-0.2, -0.15) is 0 Å². The lowest BCUT2D eigenvalue weighted by Crippen LogP contribution is -2.50. The van der Waals surface area contributed by atoms with Gasteiger partial charge in [-0.1, -0.05) is 50.6 Å². The molecule has 0 aliphatic rings. The Balaban J connectivity index is 2.64. The Morgan fingerprint density at radius 1 is 1.14 bits per heavy atom. The minimum Gasteiger partial charge on any atom is -0.467 e. The van der Waals surface area contributed by atoms with Crippen molar-refractivity contribution in [2.75, 3.05) is 7.11 Å². The smallest absolute Gasteiger partial charge is 0.328 e. The molecule has 1 aromatic carbocycles. The van der Waals surface area contributed by atoms with Crippen molar-refractivity contribution in [2.24, 2.45) is 5.92 Å². The predicted octanol–water partition coefficient (Wildman–Crippen LogP) is 2.63. The number of carbonyl (C=O) groups excluding carboxylic acids is 2. The topological polar surface area (TPSA) is 67.4 Å². The highest BCUT2D eigenvalue weighted by Gasteiger charge is 2.27. The lowest BCUT2D eigenvalue weighted by molar-refractivity contribution is -0.144. The molecule has 0 aromatic heterocycles. The van der Waals surface area contributed by atoms with Gasteiger partial charge in [-0.05, 0) is 18.4 Å². The second-order valence-electron chi connectivity index (χ2n) is 5.14. The fourth-order valence-corrected chi connectivity index (χ4v) is 2.00. The highest BCUT2D eigenvalue weighted by molar-refractivity contribution is 5.83. The SMILES string of the molecule is CCC(C)[C@H](NC(=O)N[C@H](C)c1ccccc1)C(=O)OC. The van der Waals surface area contributed by atoms with E-state index in [4.69, 9.17) is 4.74 Å². The third-order valence-electron chi connectivity index (χ3n) is 3.60. The second kappa shape index (κ2) is 8.29. The Hall–Kier alpha value is -2.04. The van der Waals surface area contributed by atoms with E-state index < -0.39 is 12.0 Å². The maximum Gasteiger partial charge on any atom is 0.328 e. The summed E-state index contributed by atoms with van der Waals surface area (Å²) < 4.78 is 4.74. The van der Waals surface area contributed by atoms with Crippen LogP contribution in [0, 0.1) is 5.92 Å². The summed E-state index contributed by atoms with van der Waals surface area (Å²) >= 11 is 0. The van der Waals surface area contributed by atoms with Gasteiger partial charge in [-0.3, -0.25) is 0 Å². The summed E-state index contributed by atoms with van der Waals surface area (Å²) in [6.07, 6.45) is 0.772. The summed E-state index contributed by atoms with van der Waals surface area (Å²) in [6.45, 7) is 5.76. The molecule has 0 spiro atoms. The molecule has 0 fully saturated rings. The molecule has 2 N–H and O–H groups in total. The first-order valence-corrected chi connectivity index (χ1v) is 7.19. The lowest BCUT2D eigenvalue weighted by Gasteiger charge is -2.23. The Bertz CT molecular complexity index is 462. The van der Waals surface area contributed by atoms with Gasteiger partial charge in [-0.25, -0.2) is 9.59 Å². The average molecular weight is 292 g/mol. The first kappa shape index (κ1) is 17.0. The molecular formula is C16H24N2O3. The molecule has 0 saturated heterocycles. The van der Waals surface area contributed by atoms with Crippen LogP contribution in [0.4, 0.5) is 4.79 Å². The van der Waals surface area contributed by atoms with Crippen LogP contribution in [0.25, 0.3) is 0 Å². The minimum absolute atomic E-state index is 0.00947. The number of hydrogen-bond donors (Lipinski definition) is 2. The zero-order valence-corrected chi connectivity index (χ0v) is 13.1. The molecule has 0 bridgehead atoms. The van der Waals surface area contributed by atoms with Gasteiger partial charge in [-0.15, -0.1) is 0 Å². The van der Waals surface area contributed by atoms with E-state index in [-0.39, 0.29) is 18.0 Å². The van der Waals surface area contributed by atoms with E-state index in [1.54, 1.807) is 0 Å². The van der Waals surface area contributed by atoms with Crippen LogP contribution in [-0.4, -0.2) is 25.2 Å². The van der Waals surface area contributed by atoms with Crippen LogP contribution in [0.1, 0.15) is 38.8 Å². The van der Waals surface area contributed by atoms with E-state index in [0.29, 0.717) is 0 Å². The van der Waals surface area contributed by atoms with E-state index in [2.05, 4.69) is 10.6 Å². The van der Waals surface area contributed by atoms with Crippen LogP contribution in [0.3, 0.4) is 0 Å². The summed E-state index contributed by atoms with van der Waals surface area (Å²) in [7, 11) is 1.32. The van der Waals surface area contributed by atoms with Crippen molar-refractivity contribution in [3.63, 3.8) is 0 Å². The first-order valence-electron chi connectivity index (χ1n) is 7.19. The number of benzene rings is 1. The largest absolute Gasteiger partial charge is 0.467 e. The second-order valence-corrected chi connectivity index (χ2v) is 5.14. The lowest BCUT2D eigenvalue weighted by atomic mass is 9.99. The molecule has 116 valence electrons. The normalized spacial score (nSPS) is 14.7. The standard InChI is InChI=1S/C16H24N2O3/c1-5-11(2)14(15(19)21-4)18-16(20)17-12(3)13-9-7-6-8-10-13/h6-12,14H,5H2,1-4H3,(H2,17,18,20)/t11?,12-,14+/m1/s1. The molecule has 0 saturated carbocycles. The number of rotatable bonds is 6. The van der Waals surface area contributed by atoms with Crippen molar-refractivity contribution in [2.45, 2.75) is 39.3 Å². The maximum atomic E-state index is 12.0. The van der Waals surface area contributed by atoms with Gasteiger partial charge >= 0.3 is 12.0 Å². The Morgan fingerprint density at radius 2 is 1.76 bits per heavy atom. The third-order valence-corrected chi connectivity index (χ3v) is 3.60. The summed E-state index contributed by atoms with van der Waals surface area (Å²) in [5.41, 5.74) is 1.01. The summed E-state index contributed by atoms with van der Waals surface area (Å²) in [5, 5.41) is 5.52. The predicted molar refractivity (Wildman–Crippen MR) is 81.8 cm³/mol. The van der Waals surface area contributed by atoms with E-state index in [0.717, 1.165) is 12.0 Å². The van der Waals surface area contributed by atoms with Gasteiger partial charge in [0.05, 0.1) is 13.2 Å². The van der Waals surface area contributed by atoms with Crippen molar-refractivity contribution in [1.29, 1.82) is 0 Å². The van der Waals surface area contributed by atoms with E-state index in [1.807, 2.05) is 51.1 Å². The number of methoxy groups -OCH3 is 1. The number of ether oxygens (including phenoxy) is 1. The van der Waals surface area contributed by atoms with E-state index in [9.17, 15) is 9.59 Å². The molecule has 1 unspecified atom stereocenters. The molecule has 2 amide bonds. The van der Waals surface area contributed by atoms with E-state index in [1.165, 1.54) is 7.11 Å². The molecule has 1 aromatic rings. The van der Waals surface area contributed by atoms with Crippen LogP contribution < -0.4 is 10.6 Å². The number of nitrogens with one attached hydrogen (secondary N) is 2. The Kier molecular flexibility index (Phi) is 6.72. The molecule has 0 heterocycles. The Morgan fingerprint density at radius 3 is 2.29 bits per heavy atom. The molecule has 3 atom stereocenters. The van der Waals surface area contributed by atoms with Crippen molar-refractivity contribution in [3.05, 3.63) is 35.9 Å². The molecule has 5 heteroatoms. The quantitative estimate of drug-likeness (QED) is 0.792. The van der Waals surface area contributed by atoms with Gasteiger partial charge in [0.15, 0.2) is 0 Å². The fourth-order valence-electron chi connectivity index (χ4n) is 2.00. The highest BCUT2D eigenvalue weighted by Crippen LogP contribution is 2.12. The van der Waals surface area contributed by atoms with Crippen molar-refractivity contribution in [1.82, 2.24) is 10.6 Å². The highest BCUT2D eigenvalue weighted by atomic mass is 16.5. The molecule has 5 nitrogen and oxygen atoms in total. The molecule has 1 rings (SSSR count). The fraction of sp³-hybridized carbons (Fsp3) is 0.500. The monoisotopic (exact) mass is 292 g/mol. The zero-order chi connectivity index (χ0) is 15.8. The van der Waals surface area contributed by atoms with Gasteiger partial charge in [0.1, 0.15) is 6.04 Å². The van der Waals surface area contributed by atoms with Crippen LogP contribution in [-0.2, 0) is 9.53 Å². The van der Waals surface area contributed by atoms with Gasteiger partial charge < -0.3 is 15.4 Å². The molecule has 0 radical (unpaired) electrons. The van der Waals surface area contributed by atoms with Gasteiger partial charge in [0.25, 0.3) is 0 Å². The Labute approximate surface area is 126 Å². The average Bonchev–Trinajstić information content (AvgIpc) is 2.51. The number of amides is 2. The van der Waals surface area contributed by atoms with Crippen LogP contribution >= 0.6 is 0 Å². The number of urea groups is 1. The van der Waals surface area contributed by atoms with Crippen LogP contribution in [0.5, 0.6) is 0 Å². The summed E-state index contributed by atoms with van der Waals surface area (Å²) in [4.78, 5) is 23.8. The van der Waals surface area contributed by atoms with Crippen molar-refractivity contribution >= 4 is 12.0 Å². The molecule has 21 heavy (non-hydrogen) atoms. The minimum atomic E-state index is -0.636. The summed E-state index contributed by atoms with van der Waals surface area (Å²) in [5.74, 6) is -0.415. The number of hydrogen-bond acceptors (Lipinski definition) is 3. The zero-order valence-electron chi connectivity index (χ0n) is 13.1. The summed E-state index contributed by atoms with van der Waals surface area (Å²) in [6, 6.07) is 8.50.